The summed E-state index contributed by atoms with van der Waals surface area (Å²) in [6.07, 6.45) is 0. The lowest BCUT2D eigenvalue weighted by Crippen LogP contribution is -2.06. The van der Waals surface area contributed by atoms with E-state index in [9.17, 15) is 4.79 Å². The molecule has 0 aromatic carbocycles. The van der Waals surface area contributed by atoms with Gasteiger partial charge in [0.15, 0.2) is 0 Å². The first-order valence-corrected chi connectivity index (χ1v) is 7.40. The number of nitrogens with two attached hydrogens (primary N) is 1. The van der Waals surface area contributed by atoms with E-state index in [1.807, 2.05) is 6.92 Å². The normalized spacial score (nSPS) is 11.0. The lowest BCUT2D eigenvalue weighted by Gasteiger charge is -2.01. The van der Waals surface area contributed by atoms with Crippen LogP contribution >= 0.6 is 11.3 Å². The molecule has 8 heteroatoms. The second kappa shape index (κ2) is 5.38. The Labute approximate surface area is 130 Å². The lowest BCUT2D eigenvalue weighted by atomic mass is 10.2. The predicted octanol–water partition coefficient (Wildman–Crippen LogP) is 2.54. The number of hydrogen-bond acceptors (Lipinski definition) is 8. The molecule has 0 radical (unpaired) electrons. The highest BCUT2D eigenvalue weighted by atomic mass is 32.1. The standard InChI is InChI=1S/C14H14N4O3S/c1-6-4-9(18-21-6)5-20-14(19)12-11(15)10-7(2)16-8(3)17-13(10)22-12/h4H,5,15H2,1-3H3. The third kappa shape index (κ3) is 2.52. The van der Waals surface area contributed by atoms with Gasteiger partial charge in [-0.3, -0.25) is 0 Å². The summed E-state index contributed by atoms with van der Waals surface area (Å²) in [6, 6.07) is 1.71. The predicted molar refractivity (Wildman–Crippen MR) is 81.7 cm³/mol. The Balaban J connectivity index is 1.87. The summed E-state index contributed by atoms with van der Waals surface area (Å²) < 4.78 is 10.2. The third-order valence-electron chi connectivity index (χ3n) is 3.09. The maximum atomic E-state index is 12.2. The first-order chi connectivity index (χ1) is 10.5. The van der Waals surface area contributed by atoms with E-state index in [-0.39, 0.29) is 6.61 Å². The van der Waals surface area contributed by atoms with Gasteiger partial charge in [0.2, 0.25) is 0 Å². The number of hydrogen-bond donors (Lipinski definition) is 1. The van der Waals surface area contributed by atoms with Gasteiger partial charge in [-0.05, 0) is 20.8 Å². The van der Waals surface area contributed by atoms with Gasteiger partial charge in [0.25, 0.3) is 0 Å². The van der Waals surface area contributed by atoms with Crippen LogP contribution in [-0.4, -0.2) is 21.1 Å². The molecule has 3 aromatic rings. The van der Waals surface area contributed by atoms with Crippen molar-refractivity contribution in [3.8, 4) is 0 Å². The van der Waals surface area contributed by atoms with Gasteiger partial charge in [0.05, 0.1) is 16.8 Å². The number of carbonyl (C=O) groups is 1. The van der Waals surface area contributed by atoms with Gasteiger partial charge in [-0.15, -0.1) is 11.3 Å². The molecule has 0 aliphatic heterocycles. The fraction of sp³-hybridized carbons (Fsp3) is 0.286. The van der Waals surface area contributed by atoms with Gasteiger partial charge >= 0.3 is 5.97 Å². The van der Waals surface area contributed by atoms with E-state index in [0.29, 0.717) is 38.1 Å². The van der Waals surface area contributed by atoms with Crippen molar-refractivity contribution >= 4 is 33.2 Å². The molecular formula is C14H14N4O3S. The van der Waals surface area contributed by atoms with Crippen LogP contribution in [0, 0.1) is 20.8 Å². The number of esters is 1. The number of nitrogen functional groups attached to an aromatic ring is 1. The first-order valence-electron chi connectivity index (χ1n) is 6.58. The van der Waals surface area contributed by atoms with Gasteiger partial charge in [-0.25, -0.2) is 14.8 Å². The van der Waals surface area contributed by atoms with Gasteiger partial charge < -0.3 is 15.0 Å². The Hall–Kier alpha value is -2.48. The lowest BCUT2D eigenvalue weighted by molar-refractivity contribution is 0.0471. The van der Waals surface area contributed by atoms with Crippen molar-refractivity contribution in [3.05, 3.63) is 33.9 Å². The van der Waals surface area contributed by atoms with E-state index in [2.05, 4.69) is 15.1 Å². The molecule has 2 N–H and O–H groups in total. The maximum absolute atomic E-state index is 12.2. The molecule has 0 saturated carbocycles. The van der Waals surface area contributed by atoms with Crippen molar-refractivity contribution in [1.82, 2.24) is 15.1 Å². The van der Waals surface area contributed by atoms with Gasteiger partial charge in [0.1, 0.15) is 33.6 Å². The molecule has 22 heavy (non-hydrogen) atoms. The molecule has 0 bridgehead atoms. The molecule has 0 spiro atoms. The first kappa shape index (κ1) is 14.5. The fourth-order valence-corrected chi connectivity index (χ4v) is 3.26. The Morgan fingerprint density at radius 1 is 1.36 bits per heavy atom. The number of carbonyl (C=O) groups excluding carboxylic acids is 1. The van der Waals surface area contributed by atoms with Crippen LogP contribution in [0.2, 0.25) is 0 Å². The Bertz CT molecular complexity index is 868. The van der Waals surface area contributed by atoms with Crippen LogP contribution in [0.15, 0.2) is 10.6 Å². The van der Waals surface area contributed by atoms with Crippen LogP contribution in [0.4, 0.5) is 5.69 Å². The number of ether oxygens (including phenoxy) is 1. The minimum atomic E-state index is -0.502. The van der Waals surface area contributed by atoms with Crippen LogP contribution in [0.1, 0.15) is 32.6 Å². The largest absolute Gasteiger partial charge is 0.455 e. The Kier molecular flexibility index (Phi) is 3.53. The Morgan fingerprint density at radius 2 is 2.14 bits per heavy atom. The molecule has 0 atom stereocenters. The van der Waals surface area contributed by atoms with Crippen molar-refractivity contribution in [2.24, 2.45) is 0 Å². The summed E-state index contributed by atoms with van der Waals surface area (Å²) in [5.41, 5.74) is 7.72. The van der Waals surface area contributed by atoms with Crippen molar-refractivity contribution in [2.75, 3.05) is 5.73 Å². The zero-order chi connectivity index (χ0) is 15.9. The zero-order valence-corrected chi connectivity index (χ0v) is 13.2. The minimum Gasteiger partial charge on any atom is -0.455 e. The summed E-state index contributed by atoms with van der Waals surface area (Å²) in [6.45, 7) is 5.44. The fourth-order valence-electron chi connectivity index (χ4n) is 2.17. The summed E-state index contributed by atoms with van der Waals surface area (Å²) in [4.78, 5) is 21.8. The van der Waals surface area contributed by atoms with Crippen LogP contribution in [0.3, 0.4) is 0 Å². The maximum Gasteiger partial charge on any atom is 0.350 e. The van der Waals surface area contributed by atoms with E-state index < -0.39 is 5.97 Å². The molecule has 7 nitrogen and oxygen atoms in total. The second-order valence-corrected chi connectivity index (χ2v) is 5.89. The summed E-state index contributed by atoms with van der Waals surface area (Å²) >= 11 is 1.21. The molecule has 0 aliphatic carbocycles. The highest BCUT2D eigenvalue weighted by Gasteiger charge is 2.21. The highest BCUT2D eigenvalue weighted by Crippen LogP contribution is 2.34. The quantitative estimate of drug-likeness (QED) is 0.740. The van der Waals surface area contributed by atoms with Crippen LogP contribution in [0.25, 0.3) is 10.2 Å². The van der Waals surface area contributed by atoms with E-state index >= 15 is 0 Å². The van der Waals surface area contributed by atoms with Gasteiger partial charge in [-0.2, -0.15) is 0 Å². The summed E-state index contributed by atoms with van der Waals surface area (Å²) in [5, 5.41) is 4.48. The monoisotopic (exact) mass is 318 g/mol. The highest BCUT2D eigenvalue weighted by molar-refractivity contribution is 7.21. The number of thiophene rings is 1. The topological polar surface area (TPSA) is 104 Å². The van der Waals surface area contributed by atoms with Crippen molar-refractivity contribution in [3.63, 3.8) is 0 Å². The Morgan fingerprint density at radius 3 is 2.82 bits per heavy atom. The second-order valence-electron chi connectivity index (χ2n) is 4.89. The number of nitrogens with zero attached hydrogens (tertiary/aromatic N) is 3. The van der Waals surface area contributed by atoms with Gasteiger partial charge in [0, 0.05) is 6.07 Å². The SMILES string of the molecule is Cc1nc(C)c2c(N)c(C(=O)OCc3cc(C)on3)sc2n1. The molecule has 0 amide bonds. The number of aryl methyl sites for hydroxylation is 3. The average molecular weight is 318 g/mol. The molecule has 3 heterocycles. The van der Waals surface area contributed by atoms with Crippen molar-refractivity contribution in [2.45, 2.75) is 27.4 Å². The third-order valence-corrected chi connectivity index (χ3v) is 4.17. The number of aromatic nitrogens is 3. The summed E-state index contributed by atoms with van der Waals surface area (Å²) in [5.74, 6) is 0.802. The molecular weight excluding hydrogens is 304 g/mol. The number of fused-ring (bicyclic) bond motifs is 1. The molecule has 0 fully saturated rings. The van der Waals surface area contributed by atoms with E-state index in [1.165, 1.54) is 11.3 Å². The van der Waals surface area contributed by atoms with Crippen LogP contribution in [-0.2, 0) is 11.3 Å². The van der Waals surface area contributed by atoms with Crippen LogP contribution < -0.4 is 5.73 Å². The van der Waals surface area contributed by atoms with Crippen molar-refractivity contribution in [1.29, 1.82) is 0 Å². The molecule has 114 valence electrons. The van der Waals surface area contributed by atoms with Crippen LogP contribution in [0.5, 0.6) is 0 Å². The smallest absolute Gasteiger partial charge is 0.350 e. The molecule has 3 aromatic heterocycles. The van der Waals surface area contributed by atoms with Gasteiger partial charge in [-0.1, -0.05) is 5.16 Å². The summed E-state index contributed by atoms with van der Waals surface area (Å²) in [7, 11) is 0. The molecule has 0 saturated heterocycles. The molecule has 0 aliphatic rings. The van der Waals surface area contributed by atoms with E-state index in [0.717, 1.165) is 5.69 Å². The average Bonchev–Trinajstić information content (AvgIpc) is 3.00. The molecule has 0 unspecified atom stereocenters. The van der Waals surface area contributed by atoms with Crippen molar-refractivity contribution < 1.29 is 14.1 Å². The molecule has 3 rings (SSSR count). The van der Waals surface area contributed by atoms with E-state index in [4.69, 9.17) is 15.0 Å². The van der Waals surface area contributed by atoms with E-state index in [1.54, 1.807) is 19.9 Å². The minimum absolute atomic E-state index is 0.0353. The number of rotatable bonds is 3. The number of anilines is 1. The zero-order valence-electron chi connectivity index (χ0n) is 12.3.